The summed E-state index contributed by atoms with van der Waals surface area (Å²) < 4.78 is 27.4. The molecule has 6 nitrogen and oxygen atoms in total. The Kier molecular flexibility index (Phi) is 3.74. The van der Waals surface area contributed by atoms with Gasteiger partial charge in [0.15, 0.2) is 0 Å². The van der Waals surface area contributed by atoms with Crippen molar-refractivity contribution in [2.24, 2.45) is 5.73 Å². The second-order valence-electron chi connectivity index (χ2n) is 4.94. The average Bonchev–Trinajstić information content (AvgIpc) is 2.62. The lowest BCUT2D eigenvalue weighted by Crippen LogP contribution is -2.49. The van der Waals surface area contributed by atoms with Crippen molar-refractivity contribution in [2.75, 3.05) is 0 Å². The fourth-order valence-corrected chi connectivity index (χ4v) is 4.19. The number of aryl methyl sites for hydroxylation is 2. The molecule has 1 aliphatic rings. The predicted molar refractivity (Wildman–Crippen MR) is 68.6 cm³/mol. The Bertz CT molecular complexity index is 504. The molecule has 1 aromatic rings. The van der Waals surface area contributed by atoms with E-state index in [9.17, 15) is 8.42 Å². The molecule has 1 heterocycles. The van der Waals surface area contributed by atoms with Crippen LogP contribution < -0.4 is 10.5 Å². The third-order valence-electron chi connectivity index (χ3n) is 3.46. The average molecular weight is 272 g/mol. The molecule has 4 N–H and O–H groups in total. The van der Waals surface area contributed by atoms with Gasteiger partial charge in [0, 0.05) is 12.1 Å². The van der Waals surface area contributed by atoms with Crippen LogP contribution in [0, 0.1) is 13.8 Å². The van der Waals surface area contributed by atoms with Crippen molar-refractivity contribution in [3.63, 3.8) is 0 Å². The zero-order valence-corrected chi connectivity index (χ0v) is 11.5. The van der Waals surface area contributed by atoms with Gasteiger partial charge in [0.05, 0.1) is 11.4 Å². The van der Waals surface area contributed by atoms with E-state index in [0.29, 0.717) is 11.4 Å². The predicted octanol–water partition coefficient (Wildman–Crippen LogP) is 0.575. The van der Waals surface area contributed by atoms with Crippen molar-refractivity contribution in [2.45, 2.75) is 56.5 Å². The molecule has 0 radical (unpaired) electrons. The molecular formula is C11H20N4O2S. The SMILES string of the molecule is Cc1n[nH]c(C)c1S(=O)(=O)NC1CCCCC1N. The Morgan fingerprint density at radius 1 is 1.33 bits per heavy atom. The van der Waals surface area contributed by atoms with Gasteiger partial charge in [-0.15, -0.1) is 0 Å². The maximum Gasteiger partial charge on any atom is 0.244 e. The number of H-pyrrole nitrogens is 1. The number of aromatic nitrogens is 2. The number of hydrogen-bond donors (Lipinski definition) is 3. The second-order valence-corrected chi connectivity index (χ2v) is 6.59. The lowest BCUT2D eigenvalue weighted by atomic mass is 9.92. The van der Waals surface area contributed by atoms with Gasteiger partial charge < -0.3 is 5.73 Å². The molecule has 1 saturated carbocycles. The lowest BCUT2D eigenvalue weighted by molar-refractivity contribution is 0.361. The first-order valence-corrected chi connectivity index (χ1v) is 7.69. The summed E-state index contributed by atoms with van der Waals surface area (Å²) in [6, 6.07) is -0.265. The molecule has 1 fully saturated rings. The van der Waals surface area contributed by atoms with E-state index in [4.69, 9.17) is 5.73 Å². The molecule has 2 rings (SSSR count). The van der Waals surface area contributed by atoms with Gasteiger partial charge in [0.25, 0.3) is 0 Å². The van der Waals surface area contributed by atoms with Crippen LogP contribution in [0.5, 0.6) is 0 Å². The first-order chi connectivity index (χ1) is 8.42. The van der Waals surface area contributed by atoms with Crippen LogP contribution in [0.2, 0.25) is 0 Å². The van der Waals surface area contributed by atoms with Gasteiger partial charge in [-0.1, -0.05) is 12.8 Å². The van der Waals surface area contributed by atoms with Gasteiger partial charge in [-0.3, -0.25) is 5.10 Å². The summed E-state index contributed by atoms with van der Waals surface area (Å²) in [5.74, 6) is 0. The van der Waals surface area contributed by atoms with E-state index in [0.717, 1.165) is 25.7 Å². The van der Waals surface area contributed by atoms with E-state index in [-0.39, 0.29) is 17.0 Å². The van der Waals surface area contributed by atoms with E-state index >= 15 is 0 Å². The summed E-state index contributed by atoms with van der Waals surface area (Å²) >= 11 is 0. The van der Waals surface area contributed by atoms with Crippen LogP contribution >= 0.6 is 0 Å². The highest BCUT2D eigenvalue weighted by Crippen LogP contribution is 2.21. The van der Waals surface area contributed by atoms with Crippen LogP contribution in [-0.2, 0) is 10.0 Å². The minimum Gasteiger partial charge on any atom is -0.326 e. The van der Waals surface area contributed by atoms with Gasteiger partial charge in [0.1, 0.15) is 4.90 Å². The Morgan fingerprint density at radius 3 is 2.56 bits per heavy atom. The Hall–Kier alpha value is -0.920. The van der Waals surface area contributed by atoms with Crippen LogP contribution in [0.25, 0.3) is 0 Å². The van der Waals surface area contributed by atoms with Crippen molar-refractivity contribution in [1.29, 1.82) is 0 Å². The standard InChI is InChI=1S/C11H20N4O2S/c1-7-11(8(2)14-13-7)18(16,17)15-10-6-4-3-5-9(10)12/h9-10,15H,3-6,12H2,1-2H3,(H,13,14). The van der Waals surface area contributed by atoms with Gasteiger partial charge >= 0.3 is 0 Å². The van der Waals surface area contributed by atoms with Gasteiger partial charge in [-0.05, 0) is 26.7 Å². The molecule has 1 aliphatic carbocycles. The topological polar surface area (TPSA) is 101 Å². The highest BCUT2D eigenvalue weighted by Gasteiger charge is 2.29. The highest BCUT2D eigenvalue weighted by atomic mass is 32.2. The minimum absolute atomic E-state index is 0.0963. The van der Waals surface area contributed by atoms with Crippen LogP contribution in [0.15, 0.2) is 4.90 Å². The van der Waals surface area contributed by atoms with Crippen molar-refractivity contribution < 1.29 is 8.42 Å². The summed E-state index contributed by atoms with van der Waals surface area (Å²) in [6.45, 7) is 3.38. The second kappa shape index (κ2) is 4.99. The summed E-state index contributed by atoms with van der Waals surface area (Å²) in [4.78, 5) is 0.250. The van der Waals surface area contributed by atoms with Crippen LogP contribution in [0.3, 0.4) is 0 Å². The first kappa shape index (κ1) is 13.5. The highest BCUT2D eigenvalue weighted by molar-refractivity contribution is 7.89. The number of rotatable bonds is 3. The van der Waals surface area contributed by atoms with Crippen molar-refractivity contribution >= 4 is 10.0 Å². The van der Waals surface area contributed by atoms with Gasteiger partial charge in [-0.2, -0.15) is 5.10 Å². The molecule has 0 spiro atoms. The molecule has 7 heteroatoms. The molecule has 1 aromatic heterocycles. The molecule has 0 aromatic carbocycles. The summed E-state index contributed by atoms with van der Waals surface area (Å²) in [7, 11) is -3.53. The number of hydrogen-bond acceptors (Lipinski definition) is 4. The van der Waals surface area contributed by atoms with E-state index in [1.165, 1.54) is 0 Å². The molecule has 0 aliphatic heterocycles. The van der Waals surface area contributed by atoms with Crippen LogP contribution in [-0.4, -0.2) is 30.7 Å². The number of nitrogens with one attached hydrogen (secondary N) is 2. The zero-order valence-electron chi connectivity index (χ0n) is 10.7. The van der Waals surface area contributed by atoms with Crippen molar-refractivity contribution in [3.05, 3.63) is 11.4 Å². The molecule has 2 unspecified atom stereocenters. The Labute approximate surface area is 107 Å². The molecule has 0 saturated heterocycles. The van der Waals surface area contributed by atoms with Crippen LogP contribution in [0.1, 0.15) is 37.1 Å². The number of nitrogens with zero attached hydrogens (tertiary/aromatic N) is 1. The molecule has 2 atom stereocenters. The zero-order chi connectivity index (χ0) is 13.3. The molecule has 0 bridgehead atoms. The first-order valence-electron chi connectivity index (χ1n) is 6.21. The summed E-state index contributed by atoms with van der Waals surface area (Å²) in [5, 5.41) is 6.61. The quantitative estimate of drug-likeness (QED) is 0.749. The molecule has 102 valence electrons. The number of sulfonamides is 1. The third kappa shape index (κ3) is 2.57. The van der Waals surface area contributed by atoms with E-state index in [1.807, 2.05) is 0 Å². The monoisotopic (exact) mass is 272 g/mol. The van der Waals surface area contributed by atoms with E-state index in [1.54, 1.807) is 13.8 Å². The summed E-state index contributed by atoms with van der Waals surface area (Å²) in [6.07, 6.45) is 3.76. The summed E-state index contributed by atoms with van der Waals surface area (Å²) in [5.41, 5.74) is 7.02. The fraction of sp³-hybridized carbons (Fsp3) is 0.727. The Morgan fingerprint density at radius 2 is 2.00 bits per heavy atom. The van der Waals surface area contributed by atoms with Gasteiger partial charge in [-0.25, -0.2) is 13.1 Å². The van der Waals surface area contributed by atoms with Crippen molar-refractivity contribution in [3.8, 4) is 0 Å². The molecule has 0 amide bonds. The number of aromatic amines is 1. The molecular weight excluding hydrogens is 252 g/mol. The van der Waals surface area contributed by atoms with E-state index in [2.05, 4.69) is 14.9 Å². The fourth-order valence-electron chi connectivity index (χ4n) is 2.50. The van der Waals surface area contributed by atoms with Crippen LogP contribution in [0.4, 0.5) is 0 Å². The maximum absolute atomic E-state index is 12.3. The maximum atomic E-state index is 12.3. The van der Waals surface area contributed by atoms with Gasteiger partial charge in [0.2, 0.25) is 10.0 Å². The van der Waals surface area contributed by atoms with Crippen molar-refractivity contribution in [1.82, 2.24) is 14.9 Å². The number of nitrogens with two attached hydrogens (primary N) is 1. The molecule has 18 heavy (non-hydrogen) atoms. The van der Waals surface area contributed by atoms with E-state index < -0.39 is 10.0 Å². The minimum atomic E-state index is -3.53. The third-order valence-corrected chi connectivity index (χ3v) is 5.21. The largest absolute Gasteiger partial charge is 0.326 e. The normalized spacial score (nSPS) is 25.3. The smallest absolute Gasteiger partial charge is 0.244 e. The Balaban J connectivity index is 2.22. The lowest BCUT2D eigenvalue weighted by Gasteiger charge is -2.29.